The molecule has 1 fully saturated rings. The van der Waals surface area contributed by atoms with Gasteiger partial charge >= 0.3 is 6.16 Å². The highest BCUT2D eigenvalue weighted by Gasteiger charge is 2.18. The molecule has 1 saturated carbocycles. The quantitative estimate of drug-likeness (QED) is 0.688. The first-order valence-electron chi connectivity index (χ1n) is 4.91. The van der Waals surface area contributed by atoms with Gasteiger partial charge in [-0.25, -0.2) is 4.79 Å². The van der Waals surface area contributed by atoms with E-state index in [0.29, 0.717) is 5.92 Å². The first-order chi connectivity index (χ1) is 6.18. The maximum absolute atomic E-state index is 10.2. The minimum atomic E-state index is -1.21. The van der Waals surface area contributed by atoms with Crippen molar-refractivity contribution in [3.8, 4) is 0 Å². The zero-order valence-electron chi connectivity index (χ0n) is 7.87. The van der Waals surface area contributed by atoms with Gasteiger partial charge in [-0.3, -0.25) is 0 Å². The van der Waals surface area contributed by atoms with Crippen LogP contribution in [-0.2, 0) is 4.74 Å². The molecule has 1 aliphatic rings. The minimum absolute atomic E-state index is 0.388. The average molecular weight is 185 g/mol. The van der Waals surface area contributed by atoms with Gasteiger partial charge in [-0.1, -0.05) is 32.1 Å². The molecule has 13 heavy (non-hydrogen) atoms. The molecule has 0 spiro atoms. The molecule has 1 unspecified atom stereocenters. The topological polar surface area (TPSA) is 46.5 Å². The summed E-state index contributed by atoms with van der Waals surface area (Å²) in [4.78, 5) is 10.2. The number of hydrogen-bond acceptors (Lipinski definition) is 2. The van der Waals surface area contributed by atoms with Crippen LogP contribution in [0.2, 0.25) is 0 Å². The number of carboxylic acid groups (broad SMARTS) is 1. The molecule has 0 saturated heterocycles. The number of carbonyl (C=O) groups is 1. The van der Waals surface area contributed by atoms with Gasteiger partial charge in [0.2, 0.25) is 0 Å². The Kier molecular flexibility index (Phi) is 4.06. The fourth-order valence-electron chi connectivity index (χ4n) is 1.99. The summed E-state index contributed by atoms with van der Waals surface area (Å²) in [6.45, 7) is 3.67. The predicted octanol–water partition coefficient (Wildman–Crippen LogP) is 2.85. The van der Waals surface area contributed by atoms with Crippen molar-refractivity contribution in [2.75, 3.05) is 0 Å². The van der Waals surface area contributed by atoms with E-state index in [1.807, 2.05) is 0 Å². The minimum Gasteiger partial charge on any atom is -0.450 e. The lowest BCUT2D eigenvalue weighted by Crippen LogP contribution is -2.19. The van der Waals surface area contributed by atoms with Gasteiger partial charge < -0.3 is 9.84 Å². The van der Waals surface area contributed by atoms with Crippen LogP contribution in [0.15, 0.2) is 0 Å². The molecular formula is C10H17O3. The van der Waals surface area contributed by atoms with E-state index in [1.54, 1.807) is 0 Å². The van der Waals surface area contributed by atoms with Crippen LogP contribution in [0.3, 0.4) is 0 Å². The molecule has 75 valence electrons. The fraction of sp³-hybridized carbons (Fsp3) is 0.800. The number of ether oxygens (including phenoxy) is 1. The van der Waals surface area contributed by atoms with E-state index in [1.165, 1.54) is 32.1 Å². The first kappa shape index (κ1) is 10.4. The summed E-state index contributed by atoms with van der Waals surface area (Å²) in [5.74, 6) is 0.621. The Morgan fingerprint density at radius 3 is 2.62 bits per heavy atom. The molecule has 0 heterocycles. The van der Waals surface area contributed by atoms with Gasteiger partial charge in [0.25, 0.3) is 0 Å². The Morgan fingerprint density at radius 1 is 1.46 bits per heavy atom. The molecule has 1 rings (SSSR count). The third-order valence-corrected chi connectivity index (χ3v) is 2.59. The molecule has 1 N–H and O–H groups in total. The van der Waals surface area contributed by atoms with Crippen molar-refractivity contribution in [3.05, 3.63) is 6.92 Å². The van der Waals surface area contributed by atoms with Crippen LogP contribution in [0.4, 0.5) is 4.79 Å². The van der Waals surface area contributed by atoms with Gasteiger partial charge in [-0.15, -0.1) is 0 Å². The van der Waals surface area contributed by atoms with Crippen molar-refractivity contribution in [3.63, 3.8) is 0 Å². The van der Waals surface area contributed by atoms with E-state index in [9.17, 15) is 4.79 Å². The standard InChI is InChI=1S/C10H17O3/c1-8(13-10(11)12)7-9-5-3-2-4-6-9/h8-9H,1-7H2,(H,11,12). The SMILES string of the molecule is [CH2]C(CC1CCCCC1)OC(=O)O. The van der Waals surface area contributed by atoms with Crippen molar-refractivity contribution >= 4 is 6.16 Å². The summed E-state index contributed by atoms with van der Waals surface area (Å²) >= 11 is 0. The second kappa shape index (κ2) is 5.10. The largest absolute Gasteiger partial charge is 0.506 e. The molecule has 3 heteroatoms. The van der Waals surface area contributed by atoms with Crippen molar-refractivity contribution in [2.24, 2.45) is 5.92 Å². The molecule has 0 aromatic carbocycles. The Labute approximate surface area is 79.1 Å². The third-order valence-electron chi connectivity index (χ3n) is 2.59. The number of rotatable bonds is 3. The molecular weight excluding hydrogens is 168 g/mol. The highest BCUT2D eigenvalue weighted by Crippen LogP contribution is 2.27. The molecule has 0 bridgehead atoms. The van der Waals surface area contributed by atoms with E-state index in [0.717, 1.165) is 6.42 Å². The van der Waals surface area contributed by atoms with Crippen LogP contribution in [0.1, 0.15) is 38.5 Å². The summed E-state index contributed by atoms with van der Waals surface area (Å²) in [7, 11) is 0. The predicted molar refractivity (Wildman–Crippen MR) is 49.4 cm³/mol. The molecule has 1 aliphatic carbocycles. The Hall–Kier alpha value is -0.730. The maximum atomic E-state index is 10.2. The first-order valence-corrected chi connectivity index (χ1v) is 4.91. The highest BCUT2D eigenvalue weighted by atomic mass is 16.7. The summed E-state index contributed by atoms with van der Waals surface area (Å²) in [6, 6.07) is 0. The monoisotopic (exact) mass is 185 g/mol. The van der Waals surface area contributed by atoms with E-state index >= 15 is 0 Å². The van der Waals surface area contributed by atoms with Crippen molar-refractivity contribution < 1.29 is 14.6 Å². The molecule has 3 nitrogen and oxygen atoms in total. The van der Waals surface area contributed by atoms with E-state index < -0.39 is 6.16 Å². The van der Waals surface area contributed by atoms with Gasteiger partial charge in [-0.05, 0) is 19.3 Å². The third kappa shape index (κ3) is 4.15. The van der Waals surface area contributed by atoms with Crippen LogP contribution < -0.4 is 0 Å². The van der Waals surface area contributed by atoms with E-state index in [-0.39, 0.29) is 6.10 Å². The second-order valence-electron chi connectivity index (χ2n) is 3.75. The van der Waals surface area contributed by atoms with Crippen molar-refractivity contribution in [1.82, 2.24) is 0 Å². The van der Waals surface area contributed by atoms with E-state index in [2.05, 4.69) is 11.7 Å². The van der Waals surface area contributed by atoms with Crippen LogP contribution >= 0.6 is 0 Å². The van der Waals surface area contributed by atoms with Crippen LogP contribution in [-0.4, -0.2) is 17.4 Å². The Bertz CT molecular complexity index is 162. The average Bonchev–Trinajstić information content (AvgIpc) is 2.04. The van der Waals surface area contributed by atoms with Crippen molar-refractivity contribution in [2.45, 2.75) is 44.6 Å². The zero-order chi connectivity index (χ0) is 9.68. The van der Waals surface area contributed by atoms with Crippen LogP contribution in [0.5, 0.6) is 0 Å². The fourth-order valence-corrected chi connectivity index (χ4v) is 1.99. The Morgan fingerprint density at radius 2 is 2.08 bits per heavy atom. The molecule has 0 aromatic heterocycles. The number of hydrogen-bond donors (Lipinski definition) is 1. The lowest BCUT2D eigenvalue weighted by Gasteiger charge is -2.23. The van der Waals surface area contributed by atoms with Crippen LogP contribution in [0, 0.1) is 12.8 Å². The second-order valence-corrected chi connectivity index (χ2v) is 3.75. The molecule has 1 atom stereocenters. The molecule has 0 aliphatic heterocycles. The van der Waals surface area contributed by atoms with Gasteiger partial charge in [0, 0.05) is 0 Å². The molecule has 0 aromatic rings. The van der Waals surface area contributed by atoms with E-state index in [4.69, 9.17) is 5.11 Å². The summed E-state index contributed by atoms with van der Waals surface area (Å²) in [5, 5.41) is 8.35. The smallest absolute Gasteiger partial charge is 0.450 e. The summed E-state index contributed by atoms with van der Waals surface area (Å²) in [5.41, 5.74) is 0. The zero-order valence-corrected chi connectivity index (χ0v) is 7.87. The van der Waals surface area contributed by atoms with Crippen LogP contribution in [0.25, 0.3) is 0 Å². The van der Waals surface area contributed by atoms with Gasteiger partial charge in [-0.2, -0.15) is 0 Å². The molecule has 1 radical (unpaired) electrons. The normalized spacial score (nSPS) is 21.0. The Balaban J connectivity index is 2.18. The summed E-state index contributed by atoms with van der Waals surface area (Å²) in [6.07, 6.45) is 5.44. The molecule has 0 amide bonds. The van der Waals surface area contributed by atoms with Gasteiger partial charge in [0.05, 0.1) is 0 Å². The lowest BCUT2D eigenvalue weighted by molar-refractivity contribution is 0.0564. The highest BCUT2D eigenvalue weighted by molar-refractivity contribution is 5.57. The van der Waals surface area contributed by atoms with Crippen molar-refractivity contribution in [1.29, 1.82) is 0 Å². The lowest BCUT2D eigenvalue weighted by atomic mass is 9.86. The maximum Gasteiger partial charge on any atom is 0.506 e. The van der Waals surface area contributed by atoms with Gasteiger partial charge in [0.1, 0.15) is 6.10 Å². The summed E-state index contributed by atoms with van der Waals surface area (Å²) < 4.78 is 4.56. The van der Waals surface area contributed by atoms with Gasteiger partial charge in [0.15, 0.2) is 0 Å².